The van der Waals surface area contributed by atoms with Crippen molar-refractivity contribution in [2.75, 3.05) is 0 Å². The van der Waals surface area contributed by atoms with E-state index in [1.165, 1.54) is 11.1 Å². The van der Waals surface area contributed by atoms with Crippen LogP contribution >= 0.6 is 0 Å². The Bertz CT molecular complexity index is 668. The molecule has 0 amide bonds. The van der Waals surface area contributed by atoms with E-state index in [-0.39, 0.29) is 33.1 Å². The van der Waals surface area contributed by atoms with Crippen molar-refractivity contribution < 1.29 is 8.85 Å². The largest absolute Gasteiger partial charge is 2.00 e. The molecule has 2 rings (SSSR count). The summed E-state index contributed by atoms with van der Waals surface area (Å²) in [6.07, 6.45) is 0. The average Bonchev–Trinajstić information content (AvgIpc) is 2.65. The summed E-state index contributed by atoms with van der Waals surface area (Å²) in [5.74, 6) is 0. The van der Waals surface area contributed by atoms with Crippen molar-refractivity contribution in [2.45, 2.75) is 91.0 Å². The van der Waals surface area contributed by atoms with Crippen LogP contribution in [-0.4, -0.2) is 39.7 Å². The summed E-state index contributed by atoms with van der Waals surface area (Å²) in [6, 6.07) is 22.0. The standard InChI is InChI=1S/2C13H21OSi.Mg/c2*1-13(2,3)15(4,5)14-11-12-9-7-6-8-10-12;/h2*7-10H,11H2,1-5H3;/q2*-1;+2. The van der Waals surface area contributed by atoms with E-state index in [1.54, 1.807) is 0 Å². The van der Waals surface area contributed by atoms with Gasteiger partial charge in [0.15, 0.2) is 16.6 Å². The smallest absolute Gasteiger partial charge is 0.415 e. The van der Waals surface area contributed by atoms with Gasteiger partial charge in [0.25, 0.3) is 0 Å². The molecule has 31 heavy (non-hydrogen) atoms. The maximum Gasteiger partial charge on any atom is 2.00 e. The summed E-state index contributed by atoms with van der Waals surface area (Å²) in [5.41, 5.74) is 2.47. The molecule has 5 heteroatoms. The van der Waals surface area contributed by atoms with Crippen LogP contribution < -0.4 is 0 Å². The molecule has 2 aromatic carbocycles. The van der Waals surface area contributed by atoms with Crippen molar-refractivity contribution in [1.29, 1.82) is 0 Å². The van der Waals surface area contributed by atoms with E-state index < -0.39 is 16.6 Å². The summed E-state index contributed by atoms with van der Waals surface area (Å²) in [4.78, 5) is 0. The van der Waals surface area contributed by atoms with Crippen molar-refractivity contribution in [3.63, 3.8) is 0 Å². The van der Waals surface area contributed by atoms with Crippen LogP contribution in [0, 0.1) is 12.1 Å². The third-order valence-corrected chi connectivity index (χ3v) is 15.3. The number of rotatable bonds is 6. The van der Waals surface area contributed by atoms with E-state index in [1.807, 2.05) is 24.3 Å². The molecule has 0 unspecified atom stereocenters. The monoisotopic (exact) mass is 466 g/mol. The second-order valence-electron chi connectivity index (χ2n) is 10.9. The predicted molar refractivity (Wildman–Crippen MR) is 140 cm³/mol. The van der Waals surface area contributed by atoms with Crippen LogP contribution in [0.25, 0.3) is 0 Å². The first-order valence-electron chi connectivity index (χ1n) is 10.8. The first-order chi connectivity index (χ1) is 13.7. The van der Waals surface area contributed by atoms with Gasteiger partial charge in [0.1, 0.15) is 0 Å². The molecule has 2 nitrogen and oxygen atoms in total. The predicted octanol–water partition coefficient (Wildman–Crippen LogP) is 7.64. The molecule has 0 bridgehead atoms. The van der Waals surface area contributed by atoms with Gasteiger partial charge in [-0.2, -0.15) is 60.7 Å². The van der Waals surface area contributed by atoms with Gasteiger partial charge in [-0.1, -0.05) is 41.5 Å². The first-order valence-corrected chi connectivity index (χ1v) is 16.7. The van der Waals surface area contributed by atoms with Crippen molar-refractivity contribution in [2.24, 2.45) is 0 Å². The Morgan fingerprint density at radius 1 is 0.613 bits per heavy atom. The van der Waals surface area contributed by atoms with Gasteiger partial charge in [0.2, 0.25) is 0 Å². The van der Waals surface area contributed by atoms with Crippen LogP contribution in [0.2, 0.25) is 36.3 Å². The number of hydrogen-bond donors (Lipinski definition) is 0. The number of hydrogen-bond acceptors (Lipinski definition) is 2. The van der Waals surface area contributed by atoms with E-state index in [0.717, 1.165) is 13.2 Å². The molecule has 0 heterocycles. The third-order valence-electron chi connectivity index (χ3n) is 6.39. The molecule has 0 saturated heterocycles. The fraction of sp³-hybridized carbons (Fsp3) is 0.538. The SMILES string of the molecule is CC(C)(C)[Si](C)(C)OCc1cc[c-]cc1.CC(C)(C)[Si](C)(C)OCc1cc[c-]cc1.[Mg+2]. The summed E-state index contributed by atoms with van der Waals surface area (Å²) < 4.78 is 12.2. The second-order valence-corrected chi connectivity index (χ2v) is 20.5. The van der Waals surface area contributed by atoms with Gasteiger partial charge in [-0.3, -0.25) is 0 Å². The van der Waals surface area contributed by atoms with E-state index in [9.17, 15) is 0 Å². The zero-order valence-corrected chi connectivity index (χ0v) is 25.0. The van der Waals surface area contributed by atoms with Gasteiger partial charge < -0.3 is 8.85 Å². The van der Waals surface area contributed by atoms with Crippen molar-refractivity contribution >= 4 is 39.7 Å². The quantitative estimate of drug-likeness (QED) is 0.321. The third kappa shape index (κ3) is 10.8. The van der Waals surface area contributed by atoms with Gasteiger partial charge in [0, 0.05) is 13.2 Å². The fourth-order valence-corrected chi connectivity index (χ4v) is 3.92. The van der Waals surface area contributed by atoms with E-state index >= 15 is 0 Å². The molecule has 0 radical (unpaired) electrons. The van der Waals surface area contributed by atoms with Crippen LogP contribution in [0.5, 0.6) is 0 Å². The molecule has 0 atom stereocenters. The van der Waals surface area contributed by atoms with Crippen LogP contribution in [0.1, 0.15) is 52.7 Å². The summed E-state index contributed by atoms with van der Waals surface area (Å²) in [6.45, 7) is 24.1. The molecule has 0 aliphatic carbocycles. The normalized spacial score (nSPS) is 12.5. The Hall–Kier alpha value is -0.440. The van der Waals surface area contributed by atoms with E-state index in [2.05, 4.69) is 104 Å². The van der Waals surface area contributed by atoms with Gasteiger partial charge in [0.05, 0.1) is 0 Å². The topological polar surface area (TPSA) is 18.5 Å². The maximum atomic E-state index is 6.10. The van der Waals surface area contributed by atoms with Crippen LogP contribution in [0.15, 0.2) is 48.5 Å². The molecule has 0 saturated carbocycles. The minimum Gasteiger partial charge on any atom is -0.415 e. The van der Waals surface area contributed by atoms with E-state index in [0.29, 0.717) is 0 Å². The average molecular weight is 467 g/mol. The Kier molecular flexibility index (Phi) is 12.5. The molecular formula is C26H42MgO2Si2. The molecule has 0 aliphatic heterocycles. The number of benzene rings is 2. The first kappa shape index (κ1) is 30.6. The maximum absolute atomic E-state index is 6.10. The molecule has 0 aromatic heterocycles. The molecule has 0 N–H and O–H groups in total. The van der Waals surface area contributed by atoms with Crippen LogP contribution in [-0.2, 0) is 22.1 Å². The molecule has 0 aliphatic rings. The zero-order chi connectivity index (χ0) is 23.1. The second kappa shape index (κ2) is 12.7. The van der Waals surface area contributed by atoms with Crippen molar-refractivity contribution in [3.05, 3.63) is 71.8 Å². The van der Waals surface area contributed by atoms with E-state index in [4.69, 9.17) is 8.85 Å². The van der Waals surface area contributed by atoms with Gasteiger partial charge >= 0.3 is 23.1 Å². The molecule has 168 valence electrons. The van der Waals surface area contributed by atoms with Gasteiger partial charge in [-0.15, -0.1) is 11.1 Å². The summed E-state index contributed by atoms with van der Waals surface area (Å²) in [7, 11) is -3.20. The minimum absolute atomic E-state index is 0. The molecule has 0 fully saturated rings. The molecule has 0 spiro atoms. The Labute approximate surface area is 210 Å². The van der Waals surface area contributed by atoms with Crippen molar-refractivity contribution in [3.8, 4) is 0 Å². The Morgan fingerprint density at radius 2 is 0.871 bits per heavy atom. The van der Waals surface area contributed by atoms with Crippen LogP contribution in [0.4, 0.5) is 0 Å². The Balaban J connectivity index is 0.000000562. The minimum atomic E-state index is -1.60. The summed E-state index contributed by atoms with van der Waals surface area (Å²) >= 11 is 0. The summed E-state index contributed by atoms with van der Waals surface area (Å²) in [5, 5.41) is 0.571. The van der Waals surface area contributed by atoms with Crippen molar-refractivity contribution in [1.82, 2.24) is 0 Å². The fourth-order valence-electron chi connectivity index (χ4n) is 2.00. The molecule has 2 aromatic rings. The Morgan fingerprint density at radius 3 is 1.10 bits per heavy atom. The zero-order valence-electron chi connectivity index (χ0n) is 21.6. The molecular weight excluding hydrogens is 425 g/mol. The van der Waals surface area contributed by atoms with Crippen LogP contribution in [0.3, 0.4) is 0 Å². The van der Waals surface area contributed by atoms with Gasteiger partial charge in [-0.05, 0) is 36.3 Å². The van der Waals surface area contributed by atoms with Gasteiger partial charge in [-0.25, -0.2) is 0 Å².